The lowest BCUT2D eigenvalue weighted by atomic mass is 9.97. The first-order valence-electron chi connectivity index (χ1n) is 11.0. The number of rotatable bonds is 12. The van der Waals surface area contributed by atoms with Crippen LogP contribution in [0.5, 0.6) is 0 Å². The lowest BCUT2D eigenvalue weighted by molar-refractivity contribution is -0.249. The number of aliphatic hydroxyl groups is 7. The van der Waals surface area contributed by atoms with Gasteiger partial charge in [-0.3, -0.25) is 27.8 Å². The Morgan fingerprint density at radius 2 is 1.53 bits per heavy atom. The number of ether oxygens (including phenoxy) is 1. The maximum absolute atomic E-state index is 11.2. The largest absolute Gasteiger partial charge is 0.394 e. The van der Waals surface area contributed by atoms with E-state index in [1.807, 2.05) is 0 Å². The van der Waals surface area contributed by atoms with Gasteiger partial charge in [0.2, 0.25) is 11.8 Å². The van der Waals surface area contributed by atoms with E-state index < -0.39 is 102 Å². The fourth-order valence-electron chi connectivity index (χ4n) is 3.25. The molecule has 0 spiro atoms. The maximum Gasteiger partial charge on any atom is 0.325 e. The molecule has 1 rings (SSSR count). The highest BCUT2D eigenvalue weighted by Gasteiger charge is 2.47. The summed E-state index contributed by atoms with van der Waals surface area (Å²) < 4.78 is 36.7. The van der Waals surface area contributed by atoms with E-state index in [4.69, 9.17) is 29.5 Å². The van der Waals surface area contributed by atoms with Crippen molar-refractivity contribution in [2.45, 2.75) is 68.8 Å². The zero-order valence-electron chi connectivity index (χ0n) is 21.1. The van der Waals surface area contributed by atoms with E-state index in [2.05, 4.69) is 15.2 Å². The molecule has 0 bridgehead atoms. The first kappa shape index (κ1) is 36.9. The highest BCUT2D eigenvalue weighted by molar-refractivity contribution is 7.52. The van der Waals surface area contributed by atoms with Crippen LogP contribution in [0.25, 0.3) is 0 Å². The molecule has 0 saturated carbocycles. The third-order valence-corrected chi connectivity index (χ3v) is 6.05. The molecule has 38 heavy (non-hydrogen) atoms. The summed E-state index contributed by atoms with van der Waals surface area (Å²) >= 11 is 0. The summed E-state index contributed by atoms with van der Waals surface area (Å²) in [5.41, 5.74) is 0. The van der Waals surface area contributed by atoms with Gasteiger partial charge < -0.3 is 60.9 Å². The van der Waals surface area contributed by atoms with Crippen molar-refractivity contribution in [3.8, 4) is 0 Å². The Bertz CT molecular complexity index is 811. The molecule has 18 nitrogen and oxygen atoms in total. The molecular formula is C18H38N2O16P2. The van der Waals surface area contributed by atoms with Gasteiger partial charge in [-0.15, -0.1) is 0 Å². The molecule has 0 aromatic carbocycles. The fraction of sp³-hybridized carbons (Fsp3) is 0.889. The summed E-state index contributed by atoms with van der Waals surface area (Å²) in [4.78, 5) is 40.1. The Balaban J connectivity index is 0.000000721. The number of hydrogen-bond donors (Lipinski definition) is 11. The highest BCUT2D eigenvalue weighted by Crippen LogP contribution is 2.42. The van der Waals surface area contributed by atoms with Crippen LogP contribution in [-0.2, 0) is 32.5 Å². The zero-order valence-corrected chi connectivity index (χ0v) is 22.9. The first-order chi connectivity index (χ1) is 17.3. The van der Waals surface area contributed by atoms with E-state index in [9.17, 15) is 44.0 Å². The molecule has 1 aliphatic rings. The first-order valence-corrected chi connectivity index (χ1v) is 15.0. The van der Waals surface area contributed by atoms with Gasteiger partial charge in [0.1, 0.15) is 42.7 Å². The lowest BCUT2D eigenvalue weighted by Gasteiger charge is -2.42. The van der Waals surface area contributed by atoms with Crippen LogP contribution in [0.4, 0.5) is 0 Å². The molecule has 2 amide bonds. The average Bonchev–Trinajstić information content (AvgIpc) is 2.78. The molecule has 0 aromatic heterocycles. The Morgan fingerprint density at radius 1 is 0.974 bits per heavy atom. The molecule has 1 fully saturated rings. The van der Waals surface area contributed by atoms with Gasteiger partial charge in [-0.25, -0.2) is 0 Å². The standard InChI is InChI=1S/C9H18NO8P.C9H20NO8P/c1-4(12)10-6-7(13)8(18-19(2,15)16)5(3-11)17-9(6)14;1-5(13)10-6(3-11)8(15)9(7(14)4-12)18-19(2,16)17/h5-9,11,13-14H,3H2,1-2H3,(H,10,12)(H,15,16);6-9,11-12,14-15H,3-4H2,1-2H3,(H,10,13)(H,16,17). The van der Waals surface area contributed by atoms with Gasteiger partial charge >= 0.3 is 15.2 Å². The van der Waals surface area contributed by atoms with E-state index in [1.54, 1.807) is 0 Å². The van der Waals surface area contributed by atoms with Gasteiger partial charge in [-0.05, 0) is 0 Å². The SMILES string of the molecule is CC(=O)NC(CO)C(O)C(OP(C)(=O)O)C(O)CO.CC(=O)NC1C(O)OC(CO)C(OP(C)(=O)O)C1O. The van der Waals surface area contributed by atoms with Crippen molar-refractivity contribution >= 4 is 27.0 Å². The third kappa shape index (κ3) is 13.3. The minimum Gasteiger partial charge on any atom is -0.394 e. The lowest BCUT2D eigenvalue weighted by Crippen LogP contribution is -2.64. The fourth-order valence-corrected chi connectivity index (χ4v) is 4.68. The van der Waals surface area contributed by atoms with Gasteiger partial charge in [0.15, 0.2) is 6.29 Å². The predicted octanol–water partition coefficient (Wildman–Crippen LogP) is -4.84. The molecule has 11 N–H and O–H groups in total. The Kier molecular flexibility index (Phi) is 15.8. The Morgan fingerprint density at radius 3 is 1.89 bits per heavy atom. The topological polar surface area (TPSA) is 302 Å². The normalized spacial score (nSPS) is 29.8. The van der Waals surface area contributed by atoms with Crippen LogP contribution >= 0.6 is 15.2 Å². The van der Waals surface area contributed by atoms with Crippen molar-refractivity contribution in [2.75, 3.05) is 33.2 Å². The molecule has 1 saturated heterocycles. The van der Waals surface area contributed by atoms with Gasteiger partial charge in [-0.1, -0.05) is 0 Å². The molecule has 0 aliphatic carbocycles. The smallest absolute Gasteiger partial charge is 0.325 e. The van der Waals surface area contributed by atoms with Crippen LogP contribution in [0.1, 0.15) is 13.8 Å². The summed E-state index contributed by atoms with van der Waals surface area (Å²) in [6.07, 6.45) is -10.6. The second kappa shape index (κ2) is 16.2. The van der Waals surface area contributed by atoms with Crippen molar-refractivity contribution in [3.05, 3.63) is 0 Å². The van der Waals surface area contributed by atoms with Crippen molar-refractivity contribution < 1.29 is 78.0 Å². The van der Waals surface area contributed by atoms with Gasteiger partial charge in [0, 0.05) is 27.2 Å². The molecule has 11 atom stereocenters. The molecule has 1 heterocycles. The van der Waals surface area contributed by atoms with Crippen LogP contribution in [0.3, 0.4) is 0 Å². The van der Waals surface area contributed by atoms with Gasteiger partial charge in [-0.2, -0.15) is 0 Å². The molecule has 20 heteroatoms. The monoisotopic (exact) mass is 600 g/mol. The van der Waals surface area contributed by atoms with E-state index in [1.165, 1.54) is 6.92 Å². The number of aliphatic hydroxyl groups excluding tert-OH is 7. The summed E-state index contributed by atoms with van der Waals surface area (Å²) in [7, 11) is -8.00. The second-order valence-electron chi connectivity index (χ2n) is 8.44. The number of nitrogens with one attached hydrogen (secondary N) is 2. The summed E-state index contributed by atoms with van der Waals surface area (Å²) in [5.74, 6) is -1.09. The maximum atomic E-state index is 11.2. The van der Waals surface area contributed by atoms with Crippen LogP contribution in [0.2, 0.25) is 0 Å². The van der Waals surface area contributed by atoms with Crippen molar-refractivity contribution in [1.82, 2.24) is 10.6 Å². The second-order valence-corrected chi connectivity index (χ2v) is 12.1. The van der Waals surface area contributed by atoms with Crippen molar-refractivity contribution in [3.63, 3.8) is 0 Å². The predicted molar refractivity (Wildman–Crippen MR) is 127 cm³/mol. The Labute approximate surface area is 218 Å². The third-order valence-electron chi connectivity index (χ3n) is 4.78. The number of hydrogen-bond acceptors (Lipinski definition) is 14. The molecular weight excluding hydrogens is 562 g/mol. The minimum absolute atomic E-state index is 0.531. The summed E-state index contributed by atoms with van der Waals surface area (Å²) in [5, 5.41) is 70.3. The summed E-state index contributed by atoms with van der Waals surface area (Å²) in [6.45, 7) is 1.91. The Hall–Kier alpha value is -1.08. The zero-order chi connectivity index (χ0) is 30.0. The molecule has 0 radical (unpaired) electrons. The molecule has 0 aromatic rings. The summed E-state index contributed by atoms with van der Waals surface area (Å²) in [6, 6.07) is -2.44. The average molecular weight is 600 g/mol. The minimum atomic E-state index is -4.05. The number of carbonyl (C=O) groups excluding carboxylic acids is 2. The van der Waals surface area contributed by atoms with Gasteiger partial charge in [0.25, 0.3) is 0 Å². The van der Waals surface area contributed by atoms with E-state index in [0.29, 0.717) is 0 Å². The van der Waals surface area contributed by atoms with E-state index in [-0.39, 0.29) is 0 Å². The highest BCUT2D eigenvalue weighted by atomic mass is 31.2. The molecule has 11 unspecified atom stereocenters. The number of amides is 2. The van der Waals surface area contributed by atoms with Crippen LogP contribution < -0.4 is 10.6 Å². The van der Waals surface area contributed by atoms with Crippen LogP contribution in [-0.4, -0.2) is 145 Å². The van der Waals surface area contributed by atoms with Crippen molar-refractivity contribution in [2.24, 2.45) is 0 Å². The van der Waals surface area contributed by atoms with Crippen LogP contribution in [0.15, 0.2) is 0 Å². The molecule has 226 valence electrons. The van der Waals surface area contributed by atoms with E-state index in [0.717, 1.165) is 20.3 Å². The van der Waals surface area contributed by atoms with Gasteiger partial charge in [0.05, 0.1) is 25.9 Å². The van der Waals surface area contributed by atoms with Crippen LogP contribution in [0, 0.1) is 0 Å². The number of carbonyl (C=O) groups is 2. The van der Waals surface area contributed by atoms with E-state index >= 15 is 0 Å². The van der Waals surface area contributed by atoms with Crippen molar-refractivity contribution in [1.29, 1.82) is 0 Å². The molecule has 1 aliphatic heterocycles. The quantitative estimate of drug-likeness (QED) is 0.0936.